The Morgan fingerprint density at radius 1 is 1.24 bits per heavy atom. The van der Waals surface area contributed by atoms with Crippen molar-refractivity contribution in [2.75, 3.05) is 12.4 Å². The summed E-state index contributed by atoms with van der Waals surface area (Å²) in [7, 11) is 1.62. The minimum atomic E-state index is -0.826. The van der Waals surface area contributed by atoms with E-state index in [4.69, 9.17) is 4.74 Å². The van der Waals surface area contributed by atoms with Crippen molar-refractivity contribution in [2.45, 2.75) is 13.2 Å². The zero-order chi connectivity index (χ0) is 15.2. The summed E-state index contributed by atoms with van der Waals surface area (Å²) in [5.41, 5.74) is 2.02. The third-order valence-electron chi connectivity index (χ3n) is 2.94. The standard InChI is InChI=1S/C15H15FN2O3/c1-21-10-12-3-2-4-13(7-12)17-9-11-5-6-15(18(19)20)14(16)8-11/h2-8,17H,9-10H2,1H3. The third-order valence-corrected chi connectivity index (χ3v) is 2.94. The number of halogens is 1. The van der Waals surface area contributed by atoms with E-state index in [2.05, 4.69) is 5.32 Å². The highest BCUT2D eigenvalue weighted by Gasteiger charge is 2.13. The quantitative estimate of drug-likeness (QED) is 0.653. The van der Waals surface area contributed by atoms with Crippen molar-refractivity contribution in [3.05, 3.63) is 69.5 Å². The van der Waals surface area contributed by atoms with Crippen molar-refractivity contribution in [1.29, 1.82) is 0 Å². The number of anilines is 1. The van der Waals surface area contributed by atoms with Crippen LogP contribution in [0, 0.1) is 15.9 Å². The number of hydrogen-bond donors (Lipinski definition) is 1. The van der Waals surface area contributed by atoms with Gasteiger partial charge >= 0.3 is 5.69 Å². The van der Waals surface area contributed by atoms with Crippen molar-refractivity contribution >= 4 is 11.4 Å². The minimum Gasteiger partial charge on any atom is -0.381 e. The summed E-state index contributed by atoms with van der Waals surface area (Å²) in [4.78, 5) is 9.81. The molecule has 0 amide bonds. The molecule has 0 heterocycles. The Kier molecular flexibility index (Phi) is 4.84. The van der Waals surface area contributed by atoms with Crippen LogP contribution in [0.4, 0.5) is 15.8 Å². The fourth-order valence-corrected chi connectivity index (χ4v) is 1.95. The second-order valence-electron chi connectivity index (χ2n) is 4.53. The minimum absolute atomic E-state index is 0.380. The lowest BCUT2D eigenvalue weighted by atomic mass is 10.1. The van der Waals surface area contributed by atoms with Gasteiger partial charge < -0.3 is 10.1 Å². The molecule has 0 unspecified atom stereocenters. The predicted molar refractivity (Wildman–Crippen MR) is 77.5 cm³/mol. The molecule has 0 atom stereocenters. The Bertz CT molecular complexity index is 647. The highest BCUT2D eigenvalue weighted by atomic mass is 19.1. The van der Waals surface area contributed by atoms with E-state index in [-0.39, 0.29) is 0 Å². The van der Waals surface area contributed by atoms with Crippen molar-refractivity contribution in [1.82, 2.24) is 0 Å². The van der Waals surface area contributed by atoms with E-state index in [1.165, 1.54) is 18.2 Å². The largest absolute Gasteiger partial charge is 0.381 e. The number of nitrogens with zero attached hydrogens (tertiary/aromatic N) is 1. The second-order valence-corrected chi connectivity index (χ2v) is 4.53. The molecule has 1 N–H and O–H groups in total. The Hall–Kier alpha value is -2.47. The van der Waals surface area contributed by atoms with Crippen LogP contribution in [0.25, 0.3) is 0 Å². The molecular formula is C15H15FN2O3. The number of nitro groups is 1. The molecule has 6 heteroatoms. The Morgan fingerprint density at radius 2 is 2.05 bits per heavy atom. The molecule has 0 radical (unpaired) electrons. The summed E-state index contributed by atoms with van der Waals surface area (Å²) in [6.45, 7) is 0.896. The number of hydrogen-bond acceptors (Lipinski definition) is 4. The van der Waals surface area contributed by atoms with Crippen LogP contribution in [0.5, 0.6) is 0 Å². The third kappa shape index (κ3) is 4.00. The molecule has 0 saturated heterocycles. The summed E-state index contributed by atoms with van der Waals surface area (Å²) < 4.78 is 18.6. The van der Waals surface area contributed by atoms with Gasteiger partial charge in [-0.25, -0.2) is 0 Å². The molecule has 2 aromatic rings. The highest BCUT2D eigenvalue weighted by molar-refractivity contribution is 5.46. The van der Waals surface area contributed by atoms with E-state index in [9.17, 15) is 14.5 Å². The van der Waals surface area contributed by atoms with Crippen LogP contribution >= 0.6 is 0 Å². The van der Waals surface area contributed by atoms with Crippen molar-refractivity contribution in [3.63, 3.8) is 0 Å². The second kappa shape index (κ2) is 6.81. The van der Waals surface area contributed by atoms with Crippen molar-refractivity contribution in [3.8, 4) is 0 Å². The summed E-state index contributed by atoms with van der Waals surface area (Å²) >= 11 is 0. The molecule has 0 spiro atoms. The van der Waals surface area contributed by atoms with Crippen LogP contribution in [-0.2, 0) is 17.9 Å². The fourth-order valence-electron chi connectivity index (χ4n) is 1.95. The molecule has 21 heavy (non-hydrogen) atoms. The lowest BCUT2D eigenvalue weighted by molar-refractivity contribution is -0.387. The first-order valence-corrected chi connectivity index (χ1v) is 6.34. The number of rotatable bonds is 6. The van der Waals surface area contributed by atoms with E-state index >= 15 is 0 Å². The van der Waals surface area contributed by atoms with Crippen LogP contribution < -0.4 is 5.32 Å². The maximum Gasteiger partial charge on any atom is 0.304 e. The van der Waals surface area contributed by atoms with Gasteiger partial charge in [0.25, 0.3) is 0 Å². The zero-order valence-electron chi connectivity index (χ0n) is 11.5. The van der Waals surface area contributed by atoms with Gasteiger partial charge in [0.1, 0.15) is 0 Å². The van der Waals surface area contributed by atoms with E-state index in [0.717, 1.165) is 11.3 Å². The average Bonchev–Trinajstić information content (AvgIpc) is 2.45. The van der Waals surface area contributed by atoms with Gasteiger partial charge in [-0.05, 0) is 29.3 Å². The van der Waals surface area contributed by atoms with Gasteiger partial charge in [0.2, 0.25) is 5.82 Å². The highest BCUT2D eigenvalue weighted by Crippen LogP contribution is 2.19. The lowest BCUT2D eigenvalue weighted by Crippen LogP contribution is -2.01. The van der Waals surface area contributed by atoms with Gasteiger partial charge in [0, 0.05) is 25.4 Å². The molecule has 0 fully saturated rings. The molecule has 2 aromatic carbocycles. The zero-order valence-corrected chi connectivity index (χ0v) is 11.5. The van der Waals surface area contributed by atoms with Gasteiger partial charge in [0.05, 0.1) is 11.5 Å². The molecule has 0 saturated carbocycles. The maximum absolute atomic E-state index is 13.5. The molecule has 2 rings (SSSR count). The smallest absolute Gasteiger partial charge is 0.304 e. The Labute approximate surface area is 121 Å². The van der Waals surface area contributed by atoms with Crippen LogP contribution in [0.3, 0.4) is 0 Å². The molecule has 5 nitrogen and oxygen atoms in total. The number of nitro benzene ring substituents is 1. The predicted octanol–water partition coefficient (Wildman–Crippen LogP) is 3.49. The van der Waals surface area contributed by atoms with E-state index in [0.29, 0.717) is 18.7 Å². The summed E-state index contributed by atoms with van der Waals surface area (Å²) in [6.07, 6.45) is 0. The van der Waals surface area contributed by atoms with Crippen LogP contribution in [-0.4, -0.2) is 12.0 Å². The first-order valence-electron chi connectivity index (χ1n) is 6.34. The van der Waals surface area contributed by atoms with E-state index in [1.54, 1.807) is 7.11 Å². The summed E-state index contributed by atoms with van der Waals surface area (Å²) in [6, 6.07) is 11.5. The van der Waals surface area contributed by atoms with Crippen molar-refractivity contribution in [2.24, 2.45) is 0 Å². The van der Waals surface area contributed by atoms with E-state index in [1.807, 2.05) is 24.3 Å². The summed E-state index contributed by atoms with van der Waals surface area (Å²) in [5, 5.41) is 13.7. The molecule has 110 valence electrons. The topological polar surface area (TPSA) is 64.4 Å². The SMILES string of the molecule is COCc1cccc(NCc2ccc([N+](=O)[O-])c(F)c2)c1. The molecule has 0 aliphatic rings. The number of nitrogens with one attached hydrogen (secondary N) is 1. The number of benzene rings is 2. The monoisotopic (exact) mass is 290 g/mol. The van der Waals surface area contributed by atoms with Gasteiger partial charge in [-0.3, -0.25) is 10.1 Å². The number of methoxy groups -OCH3 is 1. The summed E-state index contributed by atoms with van der Waals surface area (Å²) in [5.74, 6) is -0.826. The van der Waals surface area contributed by atoms with Gasteiger partial charge in [-0.2, -0.15) is 4.39 Å². The van der Waals surface area contributed by atoms with Crippen LogP contribution in [0.2, 0.25) is 0 Å². The van der Waals surface area contributed by atoms with Crippen LogP contribution in [0.1, 0.15) is 11.1 Å². The Morgan fingerprint density at radius 3 is 2.71 bits per heavy atom. The van der Waals surface area contributed by atoms with Gasteiger partial charge in [-0.15, -0.1) is 0 Å². The molecule has 0 aliphatic carbocycles. The molecule has 0 aromatic heterocycles. The molecule has 0 bridgehead atoms. The van der Waals surface area contributed by atoms with Gasteiger partial charge in [-0.1, -0.05) is 18.2 Å². The molecule has 0 aliphatic heterocycles. The average molecular weight is 290 g/mol. The number of ether oxygens (including phenoxy) is 1. The van der Waals surface area contributed by atoms with Crippen molar-refractivity contribution < 1.29 is 14.1 Å². The van der Waals surface area contributed by atoms with Gasteiger partial charge in [0.15, 0.2) is 0 Å². The van der Waals surface area contributed by atoms with E-state index < -0.39 is 16.4 Å². The normalized spacial score (nSPS) is 10.4. The maximum atomic E-state index is 13.5. The first-order chi connectivity index (χ1) is 10.1. The van der Waals surface area contributed by atoms with Crippen LogP contribution in [0.15, 0.2) is 42.5 Å². The molecular weight excluding hydrogens is 275 g/mol. The fraction of sp³-hybridized carbons (Fsp3) is 0.200. The first kappa shape index (κ1) is 14.9. The lowest BCUT2D eigenvalue weighted by Gasteiger charge is -2.08. The Balaban J connectivity index is 2.04.